The Morgan fingerprint density at radius 1 is 1.77 bits per heavy atom. The van der Waals surface area contributed by atoms with Crippen LogP contribution in [0.4, 0.5) is 4.39 Å². The first-order chi connectivity index (χ1) is 6.02. The molecule has 0 amide bonds. The second-order valence-corrected chi connectivity index (χ2v) is 3.80. The summed E-state index contributed by atoms with van der Waals surface area (Å²) < 4.78 is 13.1. The summed E-state index contributed by atoms with van der Waals surface area (Å²) in [5.41, 5.74) is 3.95. The Labute approximate surface area is 74.1 Å². The number of carboxylic acids is 1. The van der Waals surface area contributed by atoms with Gasteiger partial charge in [-0.05, 0) is 12.3 Å². The van der Waals surface area contributed by atoms with E-state index in [4.69, 9.17) is 16.1 Å². The molecule has 0 bridgehead atoms. The number of aliphatic carboxylic acids is 1. The van der Waals surface area contributed by atoms with Crippen LogP contribution in [0.5, 0.6) is 0 Å². The smallest absolute Gasteiger partial charge is 0.307 e. The lowest BCUT2D eigenvalue weighted by atomic mass is 9.92. The highest BCUT2D eigenvalue weighted by Gasteiger charge is 2.72. The van der Waals surface area contributed by atoms with Gasteiger partial charge in [-0.3, -0.25) is 4.79 Å². The molecule has 5 atom stereocenters. The normalized spacial score (nSPS) is 52.4. The van der Waals surface area contributed by atoms with Gasteiger partial charge < -0.3 is 10.8 Å². The molecule has 0 aromatic heterocycles. The number of nitrogens with zero attached hydrogens (tertiary/aromatic N) is 1. The molecule has 0 radical (unpaired) electrons. The van der Waals surface area contributed by atoms with E-state index in [-0.39, 0.29) is 12.3 Å². The van der Waals surface area contributed by atoms with Crippen molar-refractivity contribution in [3.05, 3.63) is 0 Å². The van der Waals surface area contributed by atoms with Crippen LogP contribution >= 0.6 is 0 Å². The molecule has 0 aromatic rings. The van der Waals surface area contributed by atoms with Crippen molar-refractivity contribution >= 4 is 5.97 Å². The van der Waals surface area contributed by atoms with E-state index in [1.165, 1.54) is 0 Å². The standard InChI is InChI=1S/C8H9FN2O2/c9-4-1-3-5(7(12)13)6(3)8(4,11)2-10/h3-6H,1,11H2,(H,12,13). The fourth-order valence-corrected chi connectivity index (χ4v) is 2.44. The summed E-state index contributed by atoms with van der Waals surface area (Å²) in [6.45, 7) is 0. The van der Waals surface area contributed by atoms with Gasteiger partial charge in [0.1, 0.15) is 11.7 Å². The Bertz CT molecular complexity index is 314. The summed E-state index contributed by atoms with van der Waals surface area (Å²) >= 11 is 0. The molecule has 5 heteroatoms. The predicted molar refractivity (Wildman–Crippen MR) is 40.2 cm³/mol. The summed E-state index contributed by atoms with van der Waals surface area (Å²) in [6.07, 6.45) is -1.26. The van der Waals surface area contributed by atoms with Gasteiger partial charge in [0.15, 0.2) is 0 Å². The van der Waals surface area contributed by atoms with E-state index in [0.717, 1.165) is 0 Å². The van der Waals surface area contributed by atoms with Gasteiger partial charge in [-0.1, -0.05) is 0 Å². The van der Waals surface area contributed by atoms with E-state index >= 15 is 0 Å². The van der Waals surface area contributed by atoms with E-state index in [1.807, 2.05) is 0 Å². The molecule has 5 unspecified atom stereocenters. The van der Waals surface area contributed by atoms with Crippen molar-refractivity contribution in [2.45, 2.75) is 18.1 Å². The first kappa shape index (κ1) is 8.45. The molecule has 2 aliphatic carbocycles. The van der Waals surface area contributed by atoms with Crippen LogP contribution in [0, 0.1) is 29.1 Å². The molecule has 2 saturated carbocycles. The number of hydrogen-bond acceptors (Lipinski definition) is 3. The SMILES string of the molecule is N#CC1(N)C(F)CC2C(C(=O)O)C21. The molecule has 0 spiro atoms. The van der Waals surface area contributed by atoms with E-state index < -0.39 is 29.5 Å². The van der Waals surface area contributed by atoms with Gasteiger partial charge in [0.05, 0.1) is 12.0 Å². The monoisotopic (exact) mass is 184 g/mol. The topological polar surface area (TPSA) is 87.1 Å². The number of hydrogen-bond donors (Lipinski definition) is 2. The molecule has 70 valence electrons. The number of fused-ring (bicyclic) bond motifs is 1. The molecule has 2 aliphatic rings. The molecule has 13 heavy (non-hydrogen) atoms. The fourth-order valence-electron chi connectivity index (χ4n) is 2.44. The molecule has 2 rings (SSSR count). The number of carboxylic acid groups (broad SMARTS) is 1. The minimum absolute atomic E-state index is 0.117. The lowest BCUT2D eigenvalue weighted by Crippen LogP contribution is -2.48. The molecular formula is C8H9FN2O2. The number of nitriles is 1. The van der Waals surface area contributed by atoms with Gasteiger partial charge in [-0.25, -0.2) is 4.39 Å². The lowest BCUT2D eigenvalue weighted by Gasteiger charge is -2.21. The van der Waals surface area contributed by atoms with E-state index in [9.17, 15) is 9.18 Å². The maximum Gasteiger partial charge on any atom is 0.307 e. The van der Waals surface area contributed by atoms with Crippen LogP contribution in [-0.2, 0) is 4.79 Å². The lowest BCUT2D eigenvalue weighted by molar-refractivity contribution is -0.139. The third-order valence-corrected chi connectivity index (χ3v) is 3.20. The van der Waals surface area contributed by atoms with E-state index in [2.05, 4.69) is 0 Å². The predicted octanol–water partition coefficient (Wildman–Crippen LogP) is -0.104. The highest BCUT2D eigenvalue weighted by Crippen LogP contribution is 2.61. The Hall–Kier alpha value is -1.15. The van der Waals surface area contributed by atoms with Crippen molar-refractivity contribution in [1.82, 2.24) is 0 Å². The van der Waals surface area contributed by atoms with Crippen LogP contribution in [0.25, 0.3) is 0 Å². The minimum atomic E-state index is -1.56. The van der Waals surface area contributed by atoms with Crippen molar-refractivity contribution in [3.8, 4) is 6.07 Å². The Balaban J connectivity index is 2.24. The van der Waals surface area contributed by atoms with Gasteiger partial charge in [0.2, 0.25) is 0 Å². The zero-order valence-corrected chi connectivity index (χ0v) is 6.77. The van der Waals surface area contributed by atoms with E-state index in [1.54, 1.807) is 6.07 Å². The Kier molecular flexibility index (Phi) is 1.43. The molecule has 3 N–H and O–H groups in total. The Morgan fingerprint density at radius 2 is 2.38 bits per heavy atom. The van der Waals surface area contributed by atoms with Crippen LogP contribution < -0.4 is 5.73 Å². The van der Waals surface area contributed by atoms with Crippen LogP contribution in [0.3, 0.4) is 0 Å². The maximum absolute atomic E-state index is 13.1. The molecule has 0 heterocycles. The van der Waals surface area contributed by atoms with Gasteiger partial charge in [-0.15, -0.1) is 0 Å². The molecule has 0 aliphatic heterocycles. The highest BCUT2D eigenvalue weighted by atomic mass is 19.1. The van der Waals surface area contributed by atoms with Crippen molar-refractivity contribution in [2.75, 3.05) is 0 Å². The van der Waals surface area contributed by atoms with Crippen molar-refractivity contribution in [3.63, 3.8) is 0 Å². The van der Waals surface area contributed by atoms with Crippen LogP contribution in [0.15, 0.2) is 0 Å². The molecule has 4 nitrogen and oxygen atoms in total. The zero-order chi connectivity index (χ0) is 9.80. The highest BCUT2D eigenvalue weighted by molar-refractivity contribution is 5.75. The second kappa shape index (κ2) is 2.20. The molecular weight excluding hydrogens is 175 g/mol. The first-order valence-electron chi connectivity index (χ1n) is 4.09. The maximum atomic E-state index is 13.1. The van der Waals surface area contributed by atoms with Gasteiger partial charge in [-0.2, -0.15) is 5.26 Å². The van der Waals surface area contributed by atoms with Crippen LogP contribution in [-0.4, -0.2) is 22.8 Å². The van der Waals surface area contributed by atoms with Crippen molar-refractivity contribution in [2.24, 2.45) is 23.5 Å². The molecule has 0 aromatic carbocycles. The summed E-state index contributed by atoms with van der Waals surface area (Å²) in [7, 11) is 0. The first-order valence-corrected chi connectivity index (χ1v) is 4.09. The quantitative estimate of drug-likeness (QED) is 0.595. The van der Waals surface area contributed by atoms with Gasteiger partial charge in [0.25, 0.3) is 0 Å². The van der Waals surface area contributed by atoms with Gasteiger partial charge >= 0.3 is 5.97 Å². The number of nitrogens with two attached hydrogens (primary N) is 1. The number of rotatable bonds is 1. The number of halogens is 1. The van der Waals surface area contributed by atoms with Crippen molar-refractivity contribution < 1.29 is 14.3 Å². The average Bonchev–Trinajstić information content (AvgIpc) is 2.72. The van der Waals surface area contributed by atoms with Crippen LogP contribution in [0.2, 0.25) is 0 Å². The zero-order valence-electron chi connectivity index (χ0n) is 6.77. The number of carbonyl (C=O) groups is 1. The minimum Gasteiger partial charge on any atom is -0.481 e. The third-order valence-electron chi connectivity index (χ3n) is 3.20. The van der Waals surface area contributed by atoms with Crippen LogP contribution in [0.1, 0.15) is 6.42 Å². The second-order valence-electron chi connectivity index (χ2n) is 3.80. The van der Waals surface area contributed by atoms with Crippen molar-refractivity contribution in [1.29, 1.82) is 5.26 Å². The summed E-state index contributed by atoms with van der Waals surface area (Å²) in [4.78, 5) is 10.6. The fraction of sp³-hybridized carbons (Fsp3) is 0.750. The Morgan fingerprint density at radius 3 is 2.85 bits per heavy atom. The van der Waals surface area contributed by atoms with E-state index in [0.29, 0.717) is 0 Å². The third kappa shape index (κ3) is 0.838. The average molecular weight is 184 g/mol. The molecule has 2 fully saturated rings. The van der Waals surface area contributed by atoms with Gasteiger partial charge in [0, 0.05) is 5.92 Å². The largest absolute Gasteiger partial charge is 0.481 e. The summed E-state index contributed by atoms with van der Waals surface area (Å²) in [5.74, 6) is -2.27. The summed E-state index contributed by atoms with van der Waals surface area (Å²) in [5, 5.41) is 17.4. The summed E-state index contributed by atoms with van der Waals surface area (Å²) in [6, 6.07) is 1.71. The number of alkyl halides is 1. The molecule has 0 saturated heterocycles.